The monoisotopic (exact) mass is 359 g/mol. The van der Waals surface area contributed by atoms with Crippen molar-refractivity contribution in [1.29, 1.82) is 0 Å². The summed E-state index contributed by atoms with van der Waals surface area (Å²) >= 11 is 0. The number of amides is 1. The fourth-order valence-electron chi connectivity index (χ4n) is 3.20. The lowest BCUT2D eigenvalue weighted by Gasteiger charge is -2.28. The van der Waals surface area contributed by atoms with Crippen LogP contribution in [0, 0.1) is 5.92 Å². The third-order valence-corrected chi connectivity index (χ3v) is 5.10. The number of carbonyl (C=O) groups excluding carboxylic acids is 1. The van der Waals surface area contributed by atoms with Gasteiger partial charge in [-0.05, 0) is 24.1 Å². The molecule has 0 aromatic heterocycles. The van der Waals surface area contributed by atoms with Crippen molar-refractivity contribution in [3.8, 4) is 11.5 Å². The molecule has 0 saturated carbocycles. The summed E-state index contributed by atoms with van der Waals surface area (Å²) in [4.78, 5) is 13.9. The van der Waals surface area contributed by atoms with E-state index in [1.54, 1.807) is 24.1 Å². The highest BCUT2D eigenvalue weighted by atomic mass is 32.3. The standard InChI is InChI=1S/C16H22FNO5S/c1-4-13(12-5-6-14(22-2)15(8-12)23-3)18-9-11(7-16(18)19)10-24(17,20)21/h5-6,8,11,13H,4,7,9-10H2,1-3H3. The lowest BCUT2D eigenvalue weighted by atomic mass is 10.0. The summed E-state index contributed by atoms with van der Waals surface area (Å²) in [6.45, 7) is 2.17. The van der Waals surface area contributed by atoms with E-state index in [-0.39, 0.29) is 24.9 Å². The molecule has 1 fully saturated rings. The lowest BCUT2D eigenvalue weighted by Crippen LogP contribution is -2.30. The van der Waals surface area contributed by atoms with Gasteiger partial charge in [-0.2, -0.15) is 8.42 Å². The molecule has 1 heterocycles. The first-order chi connectivity index (χ1) is 11.3. The molecule has 2 atom stereocenters. The maximum absolute atomic E-state index is 12.9. The molecule has 0 aliphatic carbocycles. The van der Waals surface area contributed by atoms with Crippen LogP contribution >= 0.6 is 0 Å². The van der Waals surface area contributed by atoms with E-state index in [1.165, 1.54) is 7.11 Å². The molecule has 24 heavy (non-hydrogen) atoms. The van der Waals surface area contributed by atoms with Crippen LogP contribution in [0.3, 0.4) is 0 Å². The number of nitrogens with zero attached hydrogens (tertiary/aromatic N) is 1. The van der Waals surface area contributed by atoms with E-state index in [1.807, 2.05) is 13.0 Å². The summed E-state index contributed by atoms with van der Waals surface area (Å²) in [6, 6.07) is 5.20. The first-order valence-corrected chi connectivity index (χ1v) is 9.28. The van der Waals surface area contributed by atoms with Crippen LogP contribution in [-0.4, -0.2) is 45.7 Å². The third-order valence-electron chi connectivity index (χ3n) is 4.23. The van der Waals surface area contributed by atoms with E-state index in [4.69, 9.17) is 9.47 Å². The molecule has 8 heteroatoms. The fourth-order valence-corrected chi connectivity index (χ4v) is 3.99. The molecular formula is C16H22FNO5S. The predicted octanol–water partition coefficient (Wildman–Crippen LogP) is 2.30. The van der Waals surface area contributed by atoms with Crippen molar-refractivity contribution < 1.29 is 26.6 Å². The Hall–Kier alpha value is -1.83. The van der Waals surface area contributed by atoms with Crippen molar-refractivity contribution in [2.45, 2.75) is 25.8 Å². The molecule has 1 amide bonds. The fraction of sp³-hybridized carbons (Fsp3) is 0.562. The molecule has 1 aliphatic rings. The average molecular weight is 359 g/mol. The maximum atomic E-state index is 12.9. The van der Waals surface area contributed by atoms with Gasteiger partial charge in [0.25, 0.3) is 0 Å². The van der Waals surface area contributed by atoms with Gasteiger partial charge < -0.3 is 14.4 Å². The molecule has 6 nitrogen and oxygen atoms in total. The van der Waals surface area contributed by atoms with Crippen molar-refractivity contribution in [2.24, 2.45) is 5.92 Å². The molecule has 1 aliphatic heterocycles. The van der Waals surface area contributed by atoms with Gasteiger partial charge in [-0.3, -0.25) is 4.79 Å². The number of halogens is 1. The van der Waals surface area contributed by atoms with E-state index in [2.05, 4.69) is 0 Å². The van der Waals surface area contributed by atoms with Crippen LogP contribution in [0.2, 0.25) is 0 Å². The average Bonchev–Trinajstić information content (AvgIpc) is 2.86. The van der Waals surface area contributed by atoms with E-state index >= 15 is 0 Å². The quantitative estimate of drug-likeness (QED) is 0.699. The minimum Gasteiger partial charge on any atom is -0.493 e. The number of carbonyl (C=O) groups is 1. The Kier molecular flexibility index (Phi) is 5.69. The van der Waals surface area contributed by atoms with Crippen LogP contribution < -0.4 is 9.47 Å². The highest BCUT2D eigenvalue weighted by Gasteiger charge is 2.36. The van der Waals surface area contributed by atoms with Crippen LogP contribution in [0.5, 0.6) is 11.5 Å². The van der Waals surface area contributed by atoms with Crippen LogP contribution in [0.15, 0.2) is 18.2 Å². The SMILES string of the molecule is CCC(c1ccc(OC)c(OC)c1)N1CC(CS(=O)(=O)F)CC1=O. The van der Waals surface area contributed by atoms with Gasteiger partial charge in [0.1, 0.15) is 0 Å². The highest BCUT2D eigenvalue weighted by Crippen LogP contribution is 2.36. The Morgan fingerprint density at radius 1 is 1.29 bits per heavy atom. The number of benzene rings is 1. The van der Waals surface area contributed by atoms with Crippen molar-refractivity contribution in [2.75, 3.05) is 26.5 Å². The topological polar surface area (TPSA) is 72.9 Å². The number of methoxy groups -OCH3 is 2. The van der Waals surface area contributed by atoms with Crippen LogP contribution in [0.25, 0.3) is 0 Å². The second kappa shape index (κ2) is 7.38. The second-order valence-corrected chi connectivity index (χ2v) is 7.27. The first kappa shape index (κ1) is 18.5. The Bertz CT molecular complexity index is 706. The minimum absolute atomic E-state index is 0.0486. The normalized spacial score (nSPS) is 19.4. The lowest BCUT2D eigenvalue weighted by molar-refractivity contribution is -0.129. The molecule has 0 N–H and O–H groups in total. The summed E-state index contributed by atoms with van der Waals surface area (Å²) in [5.74, 6) is -0.141. The minimum atomic E-state index is -4.59. The molecule has 0 bridgehead atoms. The number of hydrogen-bond acceptors (Lipinski definition) is 5. The van der Waals surface area contributed by atoms with E-state index < -0.39 is 21.9 Å². The molecule has 1 aromatic carbocycles. The Labute approximate surface area is 141 Å². The molecule has 2 rings (SSSR count). The molecule has 1 aromatic rings. The van der Waals surface area contributed by atoms with Gasteiger partial charge in [-0.25, -0.2) is 0 Å². The van der Waals surface area contributed by atoms with Gasteiger partial charge in [0.2, 0.25) is 5.91 Å². The van der Waals surface area contributed by atoms with Gasteiger partial charge >= 0.3 is 10.2 Å². The number of rotatable bonds is 7. The Balaban J connectivity index is 2.24. The molecule has 134 valence electrons. The summed E-state index contributed by atoms with van der Waals surface area (Å²) in [5.41, 5.74) is 0.868. The molecule has 2 unspecified atom stereocenters. The third kappa shape index (κ3) is 4.17. The van der Waals surface area contributed by atoms with E-state index in [0.717, 1.165) is 5.56 Å². The first-order valence-electron chi connectivity index (χ1n) is 7.72. The number of likely N-dealkylation sites (tertiary alicyclic amines) is 1. The van der Waals surface area contributed by atoms with Crippen molar-refractivity contribution in [3.63, 3.8) is 0 Å². The molecule has 1 saturated heterocycles. The smallest absolute Gasteiger partial charge is 0.302 e. The van der Waals surface area contributed by atoms with Crippen molar-refractivity contribution in [3.05, 3.63) is 23.8 Å². The Morgan fingerprint density at radius 2 is 1.96 bits per heavy atom. The van der Waals surface area contributed by atoms with Crippen LogP contribution in [0.4, 0.5) is 3.89 Å². The van der Waals surface area contributed by atoms with E-state index in [0.29, 0.717) is 17.9 Å². The highest BCUT2D eigenvalue weighted by molar-refractivity contribution is 7.86. The molecular weight excluding hydrogens is 337 g/mol. The zero-order valence-electron chi connectivity index (χ0n) is 14.0. The summed E-state index contributed by atoms with van der Waals surface area (Å²) in [6.07, 6.45) is 0.698. The Morgan fingerprint density at radius 3 is 2.50 bits per heavy atom. The van der Waals surface area contributed by atoms with Crippen molar-refractivity contribution >= 4 is 16.1 Å². The van der Waals surface area contributed by atoms with E-state index in [9.17, 15) is 17.1 Å². The maximum Gasteiger partial charge on any atom is 0.302 e. The summed E-state index contributed by atoms with van der Waals surface area (Å²) in [7, 11) is -1.51. The van der Waals surface area contributed by atoms with Gasteiger partial charge in [-0.15, -0.1) is 3.89 Å². The van der Waals surface area contributed by atoms with Gasteiger partial charge in [0, 0.05) is 18.9 Å². The molecule has 0 spiro atoms. The van der Waals surface area contributed by atoms with Gasteiger partial charge in [-0.1, -0.05) is 13.0 Å². The zero-order valence-corrected chi connectivity index (χ0v) is 14.8. The second-order valence-electron chi connectivity index (χ2n) is 5.86. The van der Waals surface area contributed by atoms with Crippen LogP contribution in [-0.2, 0) is 15.0 Å². The zero-order chi connectivity index (χ0) is 17.9. The van der Waals surface area contributed by atoms with Gasteiger partial charge in [0.05, 0.1) is 26.0 Å². The van der Waals surface area contributed by atoms with Gasteiger partial charge in [0.15, 0.2) is 11.5 Å². The summed E-state index contributed by atoms with van der Waals surface area (Å²) < 4.78 is 45.1. The number of hydrogen-bond donors (Lipinski definition) is 0. The summed E-state index contributed by atoms with van der Waals surface area (Å²) in [5, 5.41) is 0. The molecule has 0 radical (unpaired) electrons. The largest absolute Gasteiger partial charge is 0.493 e. The number of ether oxygens (including phenoxy) is 2. The van der Waals surface area contributed by atoms with Crippen LogP contribution in [0.1, 0.15) is 31.4 Å². The predicted molar refractivity (Wildman–Crippen MR) is 87.3 cm³/mol. The van der Waals surface area contributed by atoms with Crippen molar-refractivity contribution in [1.82, 2.24) is 4.90 Å².